The third-order valence-corrected chi connectivity index (χ3v) is 7.21. The fourth-order valence-corrected chi connectivity index (χ4v) is 4.74. The Balaban J connectivity index is 1.88. The Kier molecular flexibility index (Phi) is 7.62. The first-order chi connectivity index (χ1) is 14.6. The van der Waals surface area contributed by atoms with Gasteiger partial charge in [-0.25, -0.2) is 8.42 Å². The zero-order valence-corrected chi connectivity index (χ0v) is 19.6. The van der Waals surface area contributed by atoms with E-state index >= 15 is 0 Å². The Bertz CT molecular complexity index is 1200. The number of carbonyl (C=O) groups excluding carboxylic acids is 1. The molecule has 3 rings (SSSR count). The molecule has 0 spiro atoms. The smallest absolute Gasteiger partial charge is 0.243 e. The molecule has 0 aromatic heterocycles. The Morgan fingerprint density at radius 1 is 0.935 bits per heavy atom. The molecule has 162 valence electrons. The molecule has 0 saturated carbocycles. The summed E-state index contributed by atoms with van der Waals surface area (Å²) >= 11 is 17.8. The van der Waals surface area contributed by atoms with Gasteiger partial charge in [0.2, 0.25) is 15.9 Å². The van der Waals surface area contributed by atoms with Crippen LogP contribution in [0.1, 0.15) is 11.1 Å². The molecule has 3 aromatic rings. The number of nitrogens with one attached hydrogen (secondary N) is 1. The van der Waals surface area contributed by atoms with Gasteiger partial charge in [-0.15, -0.1) is 0 Å². The van der Waals surface area contributed by atoms with Crippen LogP contribution in [0.2, 0.25) is 15.1 Å². The van der Waals surface area contributed by atoms with Gasteiger partial charge in [-0.2, -0.15) is 4.31 Å². The number of hydrogen-bond acceptors (Lipinski definition) is 3. The van der Waals surface area contributed by atoms with Gasteiger partial charge in [0.1, 0.15) is 0 Å². The van der Waals surface area contributed by atoms with Crippen molar-refractivity contribution in [2.75, 3.05) is 11.9 Å². The molecule has 3 aromatic carbocycles. The van der Waals surface area contributed by atoms with Crippen LogP contribution < -0.4 is 5.32 Å². The lowest BCUT2D eigenvalue weighted by molar-refractivity contribution is -0.116. The highest BCUT2D eigenvalue weighted by atomic mass is 35.5. The number of anilines is 1. The number of aryl methyl sites for hydroxylation is 1. The lowest BCUT2D eigenvalue weighted by Crippen LogP contribution is -2.37. The molecule has 0 saturated heterocycles. The van der Waals surface area contributed by atoms with Crippen molar-refractivity contribution in [3.8, 4) is 0 Å². The molecule has 5 nitrogen and oxygen atoms in total. The van der Waals surface area contributed by atoms with Gasteiger partial charge in [0, 0.05) is 17.3 Å². The largest absolute Gasteiger partial charge is 0.325 e. The zero-order chi connectivity index (χ0) is 22.6. The van der Waals surface area contributed by atoms with Crippen LogP contribution >= 0.6 is 34.8 Å². The van der Waals surface area contributed by atoms with Crippen LogP contribution in [-0.2, 0) is 21.4 Å². The highest BCUT2D eigenvalue weighted by Gasteiger charge is 2.27. The van der Waals surface area contributed by atoms with Crippen molar-refractivity contribution in [2.24, 2.45) is 0 Å². The van der Waals surface area contributed by atoms with Gasteiger partial charge in [0.15, 0.2) is 0 Å². The molecule has 1 N–H and O–H groups in total. The molecule has 0 aliphatic carbocycles. The Morgan fingerprint density at radius 3 is 2.29 bits per heavy atom. The SMILES string of the molecule is Cc1cccc(CN(CC(=O)Nc2ccc(Cl)c(Cl)c2)S(=O)(=O)c2ccc(Cl)cc2)c1. The Labute approximate surface area is 196 Å². The maximum atomic E-state index is 13.3. The minimum absolute atomic E-state index is 0.0292. The lowest BCUT2D eigenvalue weighted by Gasteiger charge is -2.22. The molecule has 0 bridgehead atoms. The molecular weight excluding hydrogens is 479 g/mol. The van der Waals surface area contributed by atoms with Gasteiger partial charge < -0.3 is 5.32 Å². The summed E-state index contributed by atoms with van der Waals surface area (Å²) in [7, 11) is -3.96. The van der Waals surface area contributed by atoms with E-state index in [-0.39, 0.29) is 23.0 Å². The topological polar surface area (TPSA) is 66.5 Å². The van der Waals surface area contributed by atoms with E-state index in [0.717, 1.165) is 15.4 Å². The van der Waals surface area contributed by atoms with E-state index < -0.39 is 15.9 Å². The maximum absolute atomic E-state index is 13.3. The van der Waals surface area contributed by atoms with Crippen molar-refractivity contribution in [3.63, 3.8) is 0 Å². The summed E-state index contributed by atoms with van der Waals surface area (Å²) < 4.78 is 27.7. The average Bonchev–Trinajstić information content (AvgIpc) is 2.70. The third kappa shape index (κ3) is 6.21. The first-order valence-corrected chi connectivity index (χ1v) is 11.8. The van der Waals surface area contributed by atoms with Gasteiger partial charge in [-0.1, -0.05) is 64.6 Å². The molecular formula is C22H19Cl3N2O3S. The molecule has 0 aliphatic rings. The fraction of sp³-hybridized carbons (Fsp3) is 0.136. The monoisotopic (exact) mass is 496 g/mol. The van der Waals surface area contributed by atoms with Crippen LogP contribution in [-0.4, -0.2) is 25.2 Å². The predicted octanol–water partition coefficient (Wildman–Crippen LogP) is 5.78. The zero-order valence-electron chi connectivity index (χ0n) is 16.5. The van der Waals surface area contributed by atoms with Crippen molar-refractivity contribution in [2.45, 2.75) is 18.4 Å². The summed E-state index contributed by atoms with van der Waals surface area (Å²) in [5, 5.41) is 3.71. The summed E-state index contributed by atoms with van der Waals surface area (Å²) in [6.45, 7) is 1.55. The highest BCUT2D eigenvalue weighted by Crippen LogP contribution is 2.25. The van der Waals surface area contributed by atoms with Crippen LogP contribution in [0.4, 0.5) is 5.69 Å². The number of rotatable bonds is 7. The lowest BCUT2D eigenvalue weighted by atomic mass is 10.1. The molecule has 1 amide bonds. The van der Waals surface area contributed by atoms with Gasteiger partial charge in [-0.3, -0.25) is 4.79 Å². The van der Waals surface area contributed by atoms with E-state index in [2.05, 4.69) is 5.32 Å². The van der Waals surface area contributed by atoms with Gasteiger partial charge in [0.25, 0.3) is 0 Å². The molecule has 0 unspecified atom stereocenters. The minimum atomic E-state index is -3.96. The summed E-state index contributed by atoms with van der Waals surface area (Å²) in [5.74, 6) is -0.511. The molecule has 9 heteroatoms. The van der Waals surface area contributed by atoms with Gasteiger partial charge in [0.05, 0.1) is 21.5 Å². The molecule has 0 radical (unpaired) electrons. The summed E-state index contributed by atoms with van der Waals surface area (Å²) in [6, 6.07) is 17.9. The van der Waals surface area contributed by atoms with E-state index in [0.29, 0.717) is 15.7 Å². The molecule has 0 aliphatic heterocycles. The van der Waals surface area contributed by atoms with Crippen molar-refractivity contribution < 1.29 is 13.2 Å². The maximum Gasteiger partial charge on any atom is 0.243 e. The Hall–Kier alpha value is -2.09. The summed E-state index contributed by atoms with van der Waals surface area (Å²) in [6.07, 6.45) is 0. The van der Waals surface area contributed by atoms with E-state index in [1.165, 1.54) is 30.3 Å². The normalized spacial score (nSPS) is 11.5. The fourth-order valence-electron chi connectivity index (χ4n) is 2.93. The molecule has 0 atom stereocenters. The second-order valence-corrected chi connectivity index (χ2v) is 10.1. The molecule has 0 fully saturated rings. The number of benzene rings is 3. The van der Waals surface area contributed by atoms with E-state index in [9.17, 15) is 13.2 Å². The number of sulfonamides is 1. The van der Waals surface area contributed by atoms with Crippen LogP contribution in [0.25, 0.3) is 0 Å². The number of halogens is 3. The van der Waals surface area contributed by atoms with Crippen LogP contribution in [0, 0.1) is 6.92 Å². The third-order valence-electron chi connectivity index (χ3n) is 4.42. The van der Waals surface area contributed by atoms with Gasteiger partial charge >= 0.3 is 0 Å². The molecule has 0 heterocycles. The quantitative estimate of drug-likeness (QED) is 0.449. The number of amides is 1. The van der Waals surface area contributed by atoms with Crippen LogP contribution in [0.3, 0.4) is 0 Å². The van der Waals surface area contributed by atoms with E-state index in [1.807, 2.05) is 31.2 Å². The number of nitrogens with zero attached hydrogens (tertiary/aromatic N) is 1. The van der Waals surface area contributed by atoms with Crippen molar-refractivity contribution in [1.82, 2.24) is 4.31 Å². The average molecular weight is 498 g/mol. The standard InChI is InChI=1S/C22H19Cl3N2O3S/c1-15-3-2-4-16(11-15)13-27(31(29,30)19-8-5-17(23)6-9-19)14-22(28)26-18-7-10-20(24)21(25)12-18/h2-12H,13-14H2,1H3,(H,26,28). The van der Waals surface area contributed by atoms with Crippen molar-refractivity contribution in [3.05, 3.63) is 92.9 Å². The van der Waals surface area contributed by atoms with Crippen molar-refractivity contribution in [1.29, 1.82) is 0 Å². The van der Waals surface area contributed by atoms with Gasteiger partial charge in [-0.05, 0) is 55.0 Å². The van der Waals surface area contributed by atoms with E-state index in [4.69, 9.17) is 34.8 Å². The molecule has 31 heavy (non-hydrogen) atoms. The highest BCUT2D eigenvalue weighted by molar-refractivity contribution is 7.89. The van der Waals surface area contributed by atoms with Crippen LogP contribution in [0.5, 0.6) is 0 Å². The Morgan fingerprint density at radius 2 is 1.65 bits per heavy atom. The van der Waals surface area contributed by atoms with Crippen molar-refractivity contribution >= 4 is 56.4 Å². The first kappa shape index (κ1) is 23.6. The predicted molar refractivity (Wildman–Crippen MR) is 125 cm³/mol. The number of carbonyl (C=O) groups is 1. The summed E-state index contributed by atoms with van der Waals surface area (Å²) in [5.41, 5.74) is 2.17. The second-order valence-electron chi connectivity index (χ2n) is 6.89. The first-order valence-electron chi connectivity index (χ1n) is 9.21. The van der Waals surface area contributed by atoms with E-state index in [1.54, 1.807) is 12.1 Å². The second kappa shape index (κ2) is 10.0. The number of hydrogen-bond donors (Lipinski definition) is 1. The van der Waals surface area contributed by atoms with Crippen LogP contribution in [0.15, 0.2) is 71.6 Å². The summed E-state index contributed by atoms with van der Waals surface area (Å²) in [4.78, 5) is 12.7. The minimum Gasteiger partial charge on any atom is -0.325 e.